The SMILES string of the molecule is CCCCCCCC[S@@](=O)C[C@@H](O)CSc1nc(-c2ccccc2)cc(-c2ccccc2)c1C#N. The molecule has 2 atom stereocenters. The molecule has 1 aromatic heterocycles. The highest BCUT2D eigenvalue weighted by Gasteiger charge is 2.18. The first kappa shape index (κ1) is 27.1. The summed E-state index contributed by atoms with van der Waals surface area (Å²) in [6, 6.07) is 24.0. The summed E-state index contributed by atoms with van der Waals surface area (Å²) in [5.74, 6) is 1.24. The van der Waals surface area contributed by atoms with E-state index in [4.69, 9.17) is 4.98 Å². The summed E-state index contributed by atoms with van der Waals surface area (Å²) in [4.78, 5) is 4.79. The number of nitriles is 1. The highest BCUT2D eigenvalue weighted by Crippen LogP contribution is 2.34. The first-order valence-electron chi connectivity index (χ1n) is 12.3. The fourth-order valence-electron chi connectivity index (χ4n) is 3.90. The zero-order valence-electron chi connectivity index (χ0n) is 20.4. The predicted molar refractivity (Wildman–Crippen MR) is 148 cm³/mol. The van der Waals surface area contributed by atoms with Crippen molar-refractivity contribution in [3.05, 3.63) is 72.3 Å². The largest absolute Gasteiger partial charge is 0.391 e. The number of benzene rings is 2. The van der Waals surface area contributed by atoms with Crippen molar-refractivity contribution < 1.29 is 9.32 Å². The van der Waals surface area contributed by atoms with E-state index in [0.717, 1.165) is 35.2 Å². The van der Waals surface area contributed by atoms with Gasteiger partial charge >= 0.3 is 0 Å². The van der Waals surface area contributed by atoms with Gasteiger partial charge in [-0.1, -0.05) is 99.7 Å². The van der Waals surface area contributed by atoms with Crippen LogP contribution in [0.1, 0.15) is 51.0 Å². The van der Waals surface area contributed by atoms with Gasteiger partial charge < -0.3 is 5.11 Å². The topological polar surface area (TPSA) is 74.0 Å². The Hall–Kier alpha value is -2.46. The van der Waals surface area contributed by atoms with Crippen LogP contribution in [-0.2, 0) is 10.8 Å². The quantitative estimate of drug-likeness (QED) is 0.191. The molecule has 3 rings (SSSR count). The lowest BCUT2D eigenvalue weighted by Crippen LogP contribution is -2.21. The molecule has 0 radical (unpaired) electrons. The third-order valence-electron chi connectivity index (χ3n) is 5.77. The molecule has 184 valence electrons. The lowest BCUT2D eigenvalue weighted by molar-refractivity contribution is 0.224. The fraction of sp³-hybridized carbons (Fsp3) is 0.379. The van der Waals surface area contributed by atoms with Gasteiger partial charge in [-0.25, -0.2) is 4.98 Å². The number of aliphatic hydroxyl groups is 1. The van der Waals surface area contributed by atoms with Crippen LogP contribution in [0.15, 0.2) is 71.8 Å². The van der Waals surface area contributed by atoms with Crippen molar-refractivity contribution in [3.8, 4) is 28.5 Å². The van der Waals surface area contributed by atoms with E-state index in [2.05, 4.69) is 13.0 Å². The maximum atomic E-state index is 12.4. The normalized spacial score (nSPS) is 12.7. The molecule has 6 heteroatoms. The van der Waals surface area contributed by atoms with Crippen LogP contribution in [-0.4, -0.2) is 37.7 Å². The van der Waals surface area contributed by atoms with E-state index in [1.165, 1.54) is 37.4 Å². The molecule has 0 bridgehead atoms. The third-order valence-corrected chi connectivity index (χ3v) is 8.39. The Labute approximate surface area is 216 Å². The Morgan fingerprint density at radius 2 is 1.60 bits per heavy atom. The number of aromatic nitrogens is 1. The first-order chi connectivity index (χ1) is 17.1. The van der Waals surface area contributed by atoms with Crippen molar-refractivity contribution >= 4 is 22.6 Å². The zero-order chi connectivity index (χ0) is 24.9. The van der Waals surface area contributed by atoms with Gasteiger partial charge in [0.1, 0.15) is 11.1 Å². The molecule has 0 spiro atoms. The minimum absolute atomic E-state index is 0.258. The van der Waals surface area contributed by atoms with Gasteiger partial charge in [0.05, 0.1) is 23.1 Å². The first-order valence-corrected chi connectivity index (χ1v) is 14.8. The van der Waals surface area contributed by atoms with Crippen LogP contribution >= 0.6 is 11.8 Å². The van der Waals surface area contributed by atoms with Crippen LogP contribution in [0.3, 0.4) is 0 Å². The summed E-state index contributed by atoms with van der Waals surface area (Å²) >= 11 is 1.36. The maximum absolute atomic E-state index is 12.4. The second-order valence-electron chi connectivity index (χ2n) is 8.62. The molecule has 1 N–H and O–H groups in total. The molecular formula is C29H34N2O2S2. The van der Waals surface area contributed by atoms with Gasteiger partial charge in [0, 0.05) is 33.4 Å². The van der Waals surface area contributed by atoms with Gasteiger partial charge in [0.15, 0.2) is 0 Å². The monoisotopic (exact) mass is 506 g/mol. The molecule has 35 heavy (non-hydrogen) atoms. The second kappa shape index (κ2) is 14.8. The van der Waals surface area contributed by atoms with Crippen molar-refractivity contribution in [2.75, 3.05) is 17.3 Å². The molecule has 2 aromatic carbocycles. The van der Waals surface area contributed by atoms with Crippen molar-refractivity contribution in [3.63, 3.8) is 0 Å². The number of aliphatic hydroxyl groups excluding tert-OH is 1. The van der Waals surface area contributed by atoms with E-state index in [9.17, 15) is 14.6 Å². The highest BCUT2D eigenvalue weighted by molar-refractivity contribution is 7.99. The number of thioether (sulfide) groups is 1. The highest BCUT2D eigenvalue weighted by atomic mass is 32.2. The molecule has 0 fully saturated rings. The molecule has 1 heterocycles. The number of hydrogen-bond donors (Lipinski definition) is 1. The molecule has 0 aliphatic carbocycles. The van der Waals surface area contributed by atoms with Crippen molar-refractivity contribution in [2.45, 2.75) is 56.6 Å². The summed E-state index contributed by atoms with van der Waals surface area (Å²) in [6.45, 7) is 2.20. The minimum atomic E-state index is -1.04. The lowest BCUT2D eigenvalue weighted by Gasteiger charge is -2.14. The molecule has 0 unspecified atom stereocenters. The standard InChI is InChI=1S/C29H34N2O2S2/c1-2-3-4-5-6-13-18-35(33)22-25(32)21-34-29-27(20-30)26(23-14-9-7-10-15-23)19-28(31-29)24-16-11-8-12-17-24/h7-12,14-17,19,25,32H,2-6,13,18,21-22H2,1H3/t25-,35+/m0/s1. The smallest absolute Gasteiger partial charge is 0.115 e. The molecule has 4 nitrogen and oxygen atoms in total. The summed E-state index contributed by atoms with van der Waals surface area (Å²) in [5.41, 5.74) is 4.03. The average Bonchev–Trinajstić information content (AvgIpc) is 2.90. The summed E-state index contributed by atoms with van der Waals surface area (Å²) in [7, 11) is -1.04. The number of nitrogens with zero attached hydrogens (tertiary/aromatic N) is 2. The molecule has 0 amide bonds. The molecular weight excluding hydrogens is 472 g/mol. The number of unbranched alkanes of at least 4 members (excludes halogenated alkanes) is 5. The van der Waals surface area contributed by atoms with Crippen LogP contribution < -0.4 is 0 Å². The van der Waals surface area contributed by atoms with Gasteiger partial charge in [-0.2, -0.15) is 5.26 Å². The minimum Gasteiger partial charge on any atom is -0.391 e. The van der Waals surface area contributed by atoms with Gasteiger partial charge in [0.2, 0.25) is 0 Å². The molecule has 0 saturated heterocycles. The molecule has 3 aromatic rings. The Morgan fingerprint density at radius 3 is 2.26 bits per heavy atom. The zero-order valence-corrected chi connectivity index (χ0v) is 22.0. The van der Waals surface area contributed by atoms with Crippen molar-refractivity contribution in [1.82, 2.24) is 4.98 Å². The van der Waals surface area contributed by atoms with E-state index < -0.39 is 16.9 Å². The van der Waals surface area contributed by atoms with Gasteiger partial charge in [0.25, 0.3) is 0 Å². The van der Waals surface area contributed by atoms with Gasteiger partial charge in [-0.15, -0.1) is 11.8 Å². The van der Waals surface area contributed by atoms with Crippen molar-refractivity contribution in [1.29, 1.82) is 5.26 Å². The lowest BCUT2D eigenvalue weighted by atomic mass is 9.99. The Bertz CT molecular complexity index is 1110. The van der Waals surface area contributed by atoms with Crippen LogP contribution in [0.2, 0.25) is 0 Å². The Morgan fingerprint density at radius 1 is 0.971 bits per heavy atom. The summed E-state index contributed by atoms with van der Waals surface area (Å²) < 4.78 is 12.4. The predicted octanol–water partition coefficient (Wildman–Crippen LogP) is 6.85. The van der Waals surface area contributed by atoms with Gasteiger partial charge in [-0.3, -0.25) is 4.21 Å². The van der Waals surface area contributed by atoms with E-state index in [0.29, 0.717) is 22.1 Å². The van der Waals surface area contributed by atoms with Crippen LogP contribution in [0.25, 0.3) is 22.4 Å². The van der Waals surface area contributed by atoms with E-state index in [1.54, 1.807) is 0 Å². The number of hydrogen-bond acceptors (Lipinski definition) is 5. The number of rotatable bonds is 14. The van der Waals surface area contributed by atoms with Crippen LogP contribution in [0, 0.1) is 11.3 Å². The Balaban J connectivity index is 1.70. The number of pyridine rings is 1. The van der Waals surface area contributed by atoms with E-state index >= 15 is 0 Å². The van der Waals surface area contributed by atoms with Crippen molar-refractivity contribution in [2.24, 2.45) is 0 Å². The summed E-state index contributed by atoms with van der Waals surface area (Å²) in [6.07, 6.45) is 6.23. The average molecular weight is 507 g/mol. The molecule has 0 saturated carbocycles. The second-order valence-corrected chi connectivity index (χ2v) is 11.3. The molecule has 0 aliphatic rings. The van der Waals surface area contributed by atoms with Crippen LogP contribution in [0.5, 0.6) is 0 Å². The fourth-order valence-corrected chi connectivity index (χ4v) is 6.22. The van der Waals surface area contributed by atoms with E-state index in [1.807, 2.05) is 66.7 Å². The van der Waals surface area contributed by atoms with Crippen LogP contribution in [0.4, 0.5) is 0 Å². The maximum Gasteiger partial charge on any atom is 0.115 e. The third kappa shape index (κ3) is 8.61. The van der Waals surface area contributed by atoms with Gasteiger partial charge in [-0.05, 0) is 18.1 Å². The Kier molecular flexibility index (Phi) is 11.5. The van der Waals surface area contributed by atoms with E-state index in [-0.39, 0.29) is 5.75 Å². The molecule has 0 aliphatic heterocycles. The summed E-state index contributed by atoms with van der Waals surface area (Å²) in [5, 5.41) is 21.1.